The van der Waals surface area contributed by atoms with Gasteiger partial charge in [-0.05, 0) is 25.1 Å². The van der Waals surface area contributed by atoms with Crippen molar-refractivity contribution < 1.29 is 26.4 Å². The maximum atomic E-state index is 12.3. The van der Waals surface area contributed by atoms with E-state index < -0.39 is 31.8 Å². The molecule has 1 atom stereocenters. The van der Waals surface area contributed by atoms with E-state index >= 15 is 0 Å². The third kappa shape index (κ3) is 6.95. The van der Waals surface area contributed by atoms with Crippen molar-refractivity contribution in [2.75, 3.05) is 32.3 Å². The van der Waals surface area contributed by atoms with Crippen molar-refractivity contribution in [1.29, 1.82) is 0 Å². The standard InChI is InChI=1S/C14H22N2O6S2/c1-11(10-22-2)16-24(20,21)13-6-4-5-12(9-13)14(17)15-7-8-23(3,18)19/h4-6,9,11,16H,7-8,10H2,1-3H3,(H,15,17)/t11-/m1/s1. The summed E-state index contributed by atoms with van der Waals surface area (Å²) in [4.78, 5) is 11.9. The number of sulfone groups is 1. The number of carbonyl (C=O) groups excluding carboxylic acids is 1. The minimum absolute atomic E-state index is 0.0439. The zero-order valence-electron chi connectivity index (χ0n) is 13.8. The van der Waals surface area contributed by atoms with Crippen LogP contribution in [0.2, 0.25) is 0 Å². The van der Waals surface area contributed by atoms with Crippen LogP contribution in [-0.4, -0.2) is 61.1 Å². The van der Waals surface area contributed by atoms with Gasteiger partial charge >= 0.3 is 0 Å². The Hall–Kier alpha value is -1.49. The van der Waals surface area contributed by atoms with Crippen molar-refractivity contribution in [3.8, 4) is 0 Å². The average molecular weight is 378 g/mol. The lowest BCUT2D eigenvalue weighted by Crippen LogP contribution is -2.35. The van der Waals surface area contributed by atoms with Gasteiger partial charge in [0.15, 0.2) is 0 Å². The Morgan fingerprint density at radius 2 is 1.92 bits per heavy atom. The molecule has 0 aliphatic carbocycles. The number of rotatable bonds is 9. The van der Waals surface area contributed by atoms with Gasteiger partial charge in [0.1, 0.15) is 9.84 Å². The quantitative estimate of drug-likeness (QED) is 0.613. The second-order valence-electron chi connectivity index (χ2n) is 5.39. The first-order chi connectivity index (χ1) is 11.0. The van der Waals surface area contributed by atoms with E-state index in [1.165, 1.54) is 31.4 Å². The van der Waals surface area contributed by atoms with Crippen molar-refractivity contribution >= 4 is 25.8 Å². The lowest BCUT2D eigenvalue weighted by Gasteiger charge is -2.13. The molecule has 2 N–H and O–H groups in total. The van der Waals surface area contributed by atoms with Gasteiger partial charge in [-0.1, -0.05) is 6.07 Å². The van der Waals surface area contributed by atoms with Gasteiger partial charge in [-0.15, -0.1) is 0 Å². The fraction of sp³-hybridized carbons (Fsp3) is 0.500. The number of ether oxygens (including phenoxy) is 1. The fourth-order valence-electron chi connectivity index (χ4n) is 1.87. The maximum absolute atomic E-state index is 12.3. The number of amides is 1. The van der Waals surface area contributed by atoms with E-state index in [9.17, 15) is 21.6 Å². The number of carbonyl (C=O) groups is 1. The van der Waals surface area contributed by atoms with Crippen LogP contribution in [0, 0.1) is 0 Å². The molecule has 0 aliphatic heterocycles. The molecule has 0 heterocycles. The van der Waals surface area contributed by atoms with Crippen LogP contribution >= 0.6 is 0 Å². The van der Waals surface area contributed by atoms with E-state index in [2.05, 4.69) is 10.0 Å². The molecule has 1 rings (SSSR count). The summed E-state index contributed by atoms with van der Waals surface area (Å²) in [6, 6.07) is 5.08. The topological polar surface area (TPSA) is 119 Å². The Labute approximate surface area is 142 Å². The monoisotopic (exact) mass is 378 g/mol. The highest BCUT2D eigenvalue weighted by Gasteiger charge is 2.19. The molecule has 136 valence electrons. The van der Waals surface area contributed by atoms with Gasteiger partial charge in [0.2, 0.25) is 10.0 Å². The van der Waals surface area contributed by atoms with Gasteiger partial charge in [0.05, 0.1) is 17.3 Å². The Kier molecular flexibility index (Phi) is 7.33. The van der Waals surface area contributed by atoms with Crippen LogP contribution in [0.4, 0.5) is 0 Å². The summed E-state index contributed by atoms with van der Waals surface area (Å²) in [7, 11) is -5.51. The number of hydrogen-bond donors (Lipinski definition) is 2. The molecule has 0 saturated carbocycles. The molecule has 0 aliphatic rings. The Bertz CT molecular complexity index is 774. The van der Waals surface area contributed by atoms with Crippen LogP contribution < -0.4 is 10.0 Å². The van der Waals surface area contributed by atoms with Crippen LogP contribution in [0.1, 0.15) is 17.3 Å². The smallest absolute Gasteiger partial charge is 0.251 e. The summed E-state index contributed by atoms with van der Waals surface area (Å²) in [6.07, 6.45) is 1.07. The number of nitrogens with one attached hydrogen (secondary N) is 2. The SMILES string of the molecule is COC[C@@H](C)NS(=O)(=O)c1cccc(C(=O)NCCS(C)(=O)=O)c1. The Morgan fingerprint density at radius 1 is 1.25 bits per heavy atom. The van der Waals surface area contributed by atoms with Gasteiger partial charge in [0.25, 0.3) is 5.91 Å². The van der Waals surface area contributed by atoms with Gasteiger partial charge in [0, 0.05) is 31.5 Å². The maximum Gasteiger partial charge on any atom is 0.251 e. The highest BCUT2D eigenvalue weighted by molar-refractivity contribution is 7.90. The van der Waals surface area contributed by atoms with E-state index in [1.54, 1.807) is 6.92 Å². The highest BCUT2D eigenvalue weighted by Crippen LogP contribution is 2.12. The lowest BCUT2D eigenvalue weighted by molar-refractivity contribution is 0.0956. The van der Waals surface area contributed by atoms with E-state index in [4.69, 9.17) is 4.74 Å². The summed E-state index contributed by atoms with van der Waals surface area (Å²) in [6.45, 7) is 1.82. The van der Waals surface area contributed by atoms with Gasteiger partial charge < -0.3 is 10.1 Å². The average Bonchev–Trinajstić information content (AvgIpc) is 2.45. The van der Waals surface area contributed by atoms with E-state index in [0.29, 0.717) is 0 Å². The van der Waals surface area contributed by atoms with Crippen molar-refractivity contribution in [1.82, 2.24) is 10.0 Å². The second-order valence-corrected chi connectivity index (χ2v) is 9.37. The van der Waals surface area contributed by atoms with E-state index in [-0.39, 0.29) is 29.4 Å². The molecule has 8 nitrogen and oxygen atoms in total. The first-order valence-electron chi connectivity index (χ1n) is 7.12. The molecular weight excluding hydrogens is 356 g/mol. The van der Waals surface area contributed by atoms with Crippen molar-refractivity contribution in [3.05, 3.63) is 29.8 Å². The lowest BCUT2D eigenvalue weighted by atomic mass is 10.2. The summed E-state index contributed by atoms with van der Waals surface area (Å²) in [5.41, 5.74) is 0.130. The number of hydrogen-bond acceptors (Lipinski definition) is 6. The number of methoxy groups -OCH3 is 1. The van der Waals surface area contributed by atoms with E-state index in [0.717, 1.165) is 6.26 Å². The second kappa shape index (κ2) is 8.56. The largest absolute Gasteiger partial charge is 0.383 e. The highest BCUT2D eigenvalue weighted by atomic mass is 32.2. The minimum atomic E-state index is -3.79. The fourth-order valence-corrected chi connectivity index (χ4v) is 3.62. The summed E-state index contributed by atoms with van der Waals surface area (Å²) in [5.74, 6) is -0.729. The molecule has 0 fully saturated rings. The molecule has 1 aromatic rings. The molecule has 1 aromatic carbocycles. The zero-order chi connectivity index (χ0) is 18.4. The molecule has 0 bridgehead atoms. The first-order valence-corrected chi connectivity index (χ1v) is 10.7. The minimum Gasteiger partial charge on any atom is -0.383 e. The van der Waals surface area contributed by atoms with Gasteiger partial charge in [-0.25, -0.2) is 21.6 Å². The summed E-state index contributed by atoms with van der Waals surface area (Å²) >= 11 is 0. The molecule has 0 unspecified atom stereocenters. The van der Waals surface area contributed by atoms with Crippen molar-refractivity contribution in [2.24, 2.45) is 0 Å². The van der Waals surface area contributed by atoms with Crippen molar-refractivity contribution in [3.63, 3.8) is 0 Å². The molecule has 1 amide bonds. The third-order valence-electron chi connectivity index (χ3n) is 2.94. The molecule has 0 spiro atoms. The third-order valence-corrected chi connectivity index (χ3v) is 5.47. The predicted molar refractivity (Wildman–Crippen MR) is 90.1 cm³/mol. The van der Waals surface area contributed by atoms with Crippen LogP contribution in [-0.2, 0) is 24.6 Å². The van der Waals surface area contributed by atoms with Crippen LogP contribution in [0.25, 0.3) is 0 Å². The zero-order valence-corrected chi connectivity index (χ0v) is 15.4. The normalized spacial score (nSPS) is 13.5. The van der Waals surface area contributed by atoms with Crippen LogP contribution in [0.3, 0.4) is 0 Å². The van der Waals surface area contributed by atoms with Crippen LogP contribution in [0.15, 0.2) is 29.2 Å². The molecule has 10 heteroatoms. The van der Waals surface area contributed by atoms with Crippen molar-refractivity contribution in [2.45, 2.75) is 17.9 Å². The first kappa shape index (κ1) is 20.6. The Balaban J connectivity index is 2.84. The molecular formula is C14H22N2O6S2. The van der Waals surface area contributed by atoms with Gasteiger partial charge in [-0.3, -0.25) is 4.79 Å². The van der Waals surface area contributed by atoms with E-state index in [1.807, 2.05) is 0 Å². The number of benzene rings is 1. The van der Waals surface area contributed by atoms with Gasteiger partial charge in [-0.2, -0.15) is 0 Å². The molecule has 24 heavy (non-hydrogen) atoms. The summed E-state index contributed by atoms with van der Waals surface area (Å²) < 4.78 is 53.9. The predicted octanol–water partition coefficient (Wildman–Crippen LogP) is -0.226. The Morgan fingerprint density at radius 3 is 2.50 bits per heavy atom. The molecule has 0 radical (unpaired) electrons. The summed E-state index contributed by atoms with van der Waals surface area (Å²) in [5, 5.41) is 2.44. The number of sulfonamides is 1. The molecule has 0 aromatic heterocycles. The molecule has 0 saturated heterocycles. The van der Waals surface area contributed by atoms with Crippen LogP contribution in [0.5, 0.6) is 0 Å².